The van der Waals surface area contributed by atoms with Gasteiger partial charge in [0.15, 0.2) is 0 Å². The number of ether oxygens (including phenoxy) is 3. The number of para-hydroxylation sites is 1. The van der Waals surface area contributed by atoms with E-state index < -0.39 is 5.53 Å². The first-order valence-corrected chi connectivity index (χ1v) is 4.78. The maximum atomic E-state index is 5.28. The average molecular weight is 295 g/mol. The molecule has 0 aliphatic rings. The topological polar surface area (TPSA) is 27.7 Å². The maximum Gasteiger partial charge on any atom is 0.210 e. The van der Waals surface area contributed by atoms with E-state index in [-0.39, 0.29) is 17.0 Å². The Hall–Kier alpha value is -0.150. The molecule has 1 aromatic rings. The predicted octanol–water partition coefficient (Wildman–Crippen LogP) is 2.55. The minimum atomic E-state index is -0.841. The third-order valence-electron chi connectivity index (χ3n) is 2.09. The van der Waals surface area contributed by atoms with Gasteiger partial charge in [-0.15, -0.1) is 17.0 Å². The van der Waals surface area contributed by atoms with Gasteiger partial charge in [-0.25, -0.2) is 0 Å². The molecule has 0 heterocycles. The van der Waals surface area contributed by atoms with E-state index in [4.69, 9.17) is 14.2 Å². The summed E-state index contributed by atoms with van der Waals surface area (Å²) in [4.78, 5) is 0. The summed E-state index contributed by atoms with van der Waals surface area (Å²) in [5.41, 5.74) is 0.00424. The lowest BCUT2D eigenvalue weighted by atomic mass is 10.2. The van der Waals surface area contributed by atoms with E-state index >= 15 is 0 Å². The first-order valence-electron chi connectivity index (χ1n) is 4.20. The van der Waals surface area contributed by atoms with Crippen molar-refractivity contribution in [2.75, 3.05) is 21.3 Å². The standard InChI is InChI=1S/C10H15O3P.BrH/c1-11-9-7-5-4-6-8(9)10(14,12-2)13-3;/h4-7H,14H2,1-3H3;1H. The van der Waals surface area contributed by atoms with Crippen LogP contribution in [0.1, 0.15) is 5.56 Å². The summed E-state index contributed by atoms with van der Waals surface area (Å²) in [6.07, 6.45) is 0. The lowest BCUT2D eigenvalue weighted by Crippen LogP contribution is -2.23. The quantitative estimate of drug-likeness (QED) is 0.631. The number of halogens is 1. The van der Waals surface area contributed by atoms with Crippen molar-refractivity contribution in [1.82, 2.24) is 0 Å². The van der Waals surface area contributed by atoms with E-state index in [9.17, 15) is 0 Å². The van der Waals surface area contributed by atoms with Crippen LogP contribution >= 0.6 is 26.2 Å². The monoisotopic (exact) mass is 294 g/mol. The number of hydrogen-bond donors (Lipinski definition) is 0. The highest BCUT2D eigenvalue weighted by Gasteiger charge is 2.28. The molecular formula is C10H16BrO3P. The van der Waals surface area contributed by atoms with Crippen LogP contribution in [0, 0.1) is 0 Å². The van der Waals surface area contributed by atoms with Gasteiger partial charge >= 0.3 is 0 Å². The molecule has 3 nitrogen and oxygen atoms in total. The smallest absolute Gasteiger partial charge is 0.210 e. The average Bonchev–Trinajstić information content (AvgIpc) is 2.28. The van der Waals surface area contributed by atoms with Gasteiger partial charge in [0.25, 0.3) is 0 Å². The summed E-state index contributed by atoms with van der Waals surface area (Å²) < 4.78 is 15.8. The van der Waals surface area contributed by atoms with Crippen LogP contribution in [0.4, 0.5) is 0 Å². The molecular weight excluding hydrogens is 279 g/mol. The van der Waals surface area contributed by atoms with Gasteiger partial charge in [-0.05, 0) is 12.1 Å². The Morgan fingerprint density at radius 3 is 2.07 bits per heavy atom. The molecule has 0 aliphatic carbocycles. The summed E-state index contributed by atoms with van der Waals surface area (Å²) in [5.74, 6) is 0.742. The second-order valence-corrected chi connectivity index (χ2v) is 3.54. The number of methoxy groups -OCH3 is 3. The van der Waals surface area contributed by atoms with Crippen molar-refractivity contribution in [2.24, 2.45) is 0 Å². The van der Waals surface area contributed by atoms with Crippen molar-refractivity contribution < 1.29 is 14.2 Å². The lowest BCUT2D eigenvalue weighted by Gasteiger charge is -2.27. The van der Waals surface area contributed by atoms with Gasteiger partial charge in [-0.1, -0.05) is 21.4 Å². The zero-order valence-electron chi connectivity index (χ0n) is 9.02. The Morgan fingerprint density at radius 1 is 1.07 bits per heavy atom. The lowest BCUT2D eigenvalue weighted by molar-refractivity contribution is -0.142. The first-order chi connectivity index (χ1) is 6.68. The summed E-state index contributed by atoms with van der Waals surface area (Å²) >= 11 is 0. The Labute approximate surface area is 103 Å². The Kier molecular flexibility index (Phi) is 6.37. The van der Waals surface area contributed by atoms with Crippen molar-refractivity contribution in [3.8, 4) is 5.75 Å². The van der Waals surface area contributed by atoms with Gasteiger partial charge in [-0.2, -0.15) is 0 Å². The van der Waals surface area contributed by atoms with Crippen LogP contribution in [0.3, 0.4) is 0 Å². The van der Waals surface area contributed by atoms with Crippen molar-refractivity contribution in [2.45, 2.75) is 5.53 Å². The second-order valence-electron chi connectivity index (χ2n) is 2.78. The fourth-order valence-corrected chi connectivity index (χ4v) is 1.47. The number of hydrogen-bond acceptors (Lipinski definition) is 3. The zero-order valence-corrected chi connectivity index (χ0v) is 11.9. The Balaban J connectivity index is 0.00000196. The molecule has 0 spiro atoms. The van der Waals surface area contributed by atoms with Gasteiger partial charge in [0, 0.05) is 14.2 Å². The zero-order chi connectivity index (χ0) is 10.6. The van der Waals surface area contributed by atoms with Crippen LogP contribution in [0.25, 0.3) is 0 Å². The van der Waals surface area contributed by atoms with Gasteiger partial charge in [-0.3, -0.25) is 0 Å². The molecule has 15 heavy (non-hydrogen) atoms. The van der Waals surface area contributed by atoms with Gasteiger partial charge in [0.1, 0.15) is 5.75 Å². The number of benzene rings is 1. The summed E-state index contributed by atoms with van der Waals surface area (Å²) in [7, 11) is 7.31. The molecule has 0 bridgehead atoms. The molecule has 0 N–H and O–H groups in total. The fraction of sp³-hybridized carbons (Fsp3) is 0.400. The second kappa shape index (κ2) is 6.44. The SMILES string of the molecule is Br.COc1ccccc1C(P)(OC)OC. The highest BCUT2D eigenvalue weighted by atomic mass is 79.9. The fourth-order valence-electron chi connectivity index (χ4n) is 1.24. The molecule has 1 unspecified atom stereocenters. The van der Waals surface area contributed by atoms with Gasteiger partial charge < -0.3 is 14.2 Å². The number of rotatable bonds is 4. The third-order valence-corrected chi connectivity index (χ3v) is 2.87. The van der Waals surface area contributed by atoms with Crippen molar-refractivity contribution in [3.05, 3.63) is 29.8 Å². The van der Waals surface area contributed by atoms with E-state index in [1.54, 1.807) is 21.3 Å². The van der Waals surface area contributed by atoms with Crippen molar-refractivity contribution >= 4 is 26.2 Å². The van der Waals surface area contributed by atoms with Crippen LogP contribution in [0.2, 0.25) is 0 Å². The minimum absolute atomic E-state index is 0. The van der Waals surface area contributed by atoms with Gasteiger partial charge in [0.05, 0.1) is 12.7 Å². The van der Waals surface area contributed by atoms with Crippen molar-refractivity contribution in [1.29, 1.82) is 0 Å². The highest BCUT2D eigenvalue weighted by Crippen LogP contribution is 2.38. The highest BCUT2D eigenvalue weighted by molar-refractivity contribution is 8.93. The molecule has 0 amide bonds. The molecule has 1 aromatic carbocycles. The molecule has 86 valence electrons. The Bertz CT molecular complexity index is 302. The third kappa shape index (κ3) is 3.15. The first kappa shape index (κ1) is 14.8. The molecule has 0 saturated carbocycles. The van der Waals surface area contributed by atoms with Crippen molar-refractivity contribution in [3.63, 3.8) is 0 Å². The molecule has 0 fully saturated rings. The van der Waals surface area contributed by atoms with Crippen LogP contribution < -0.4 is 4.74 Å². The Morgan fingerprint density at radius 2 is 1.60 bits per heavy atom. The molecule has 0 radical (unpaired) electrons. The molecule has 1 atom stereocenters. The summed E-state index contributed by atoms with van der Waals surface area (Å²) in [6, 6.07) is 7.58. The van der Waals surface area contributed by atoms with Crippen LogP contribution in [0.5, 0.6) is 5.75 Å². The van der Waals surface area contributed by atoms with Crippen LogP contribution in [-0.4, -0.2) is 21.3 Å². The van der Waals surface area contributed by atoms with E-state index in [2.05, 4.69) is 9.24 Å². The molecule has 5 heteroatoms. The molecule has 0 aliphatic heterocycles. The van der Waals surface area contributed by atoms with Crippen LogP contribution in [-0.2, 0) is 15.0 Å². The van der Waals surface area contributed by atoms with Gasteiger partial charge in [0.2, 0.25) is 5.53 Å². The van der Waals surface area contributed by atoms with E-state index in [0.717, 1.165) is 11.3 Å². The maximum absolute atomic E-state index is 5.28. The normalized spacial score (nSPS) is 10.7. The van der Waals surface area contributed by atoms with Crippen LogP contribution in [0.15, 0.2) is 24.3 Å². The van der Waals surface area contributed by atoms with E-state index in [0.29, 0.717) is 0 Å². The largest absolute Gasteiger partial charge is 0.496 e. The summed E-state index contributed by atoms with van der Waals surface area (Å²) in [5, 5.41) is 0. The molecule has 0 aromatic heterocycles. The minimum Gasteiger partial charge on any atom is -0.496 e. The molecule has 1 rings (SSSR count). The molecule has 0 saturated heterocycles. The van der Waals surface area contributed by atoms with E-state index in [1.165, 1.54) is 0 Å². The predicted molar refractivity (Wildman–Crippen MR) is 68.7 cm³/mol. The van der Waals surface area contributed by atoms with E-state index in [1.807, 2.05) is 24.3 Å². The summed E-state index contributed by atoms with van der Waals surface area (Å²) in [6.45, 7) is 0.